The second kappa shape index (κ2) is 11.2. The van der Waals surface area contributed by atoms with Crippen LogP contribution in [-0.2, 0) is 10.3 Å². The maximum atomic E-state index is 12.9. The van der Waals surface area contributed by atoms with Gasteiger partial charge in [-0.05, 0) is 66.8 Å². The van der Waals surface area contributed by atoms with Gasteiger partial charge in [-0.1, -0.05) is 25.1 Å². The molecule has 0 amide bonds. The van der Waals surface area contributed by atoms with E-state index in [4.69, 9.17) is 4.74 Å². The molecule has 2 saturated heterocycles. The maximum Gasteiger partial charge on any atom is 0.421 e. The highest BCUT2D eigenvalue weighted by atomic mass is 32.2. The zero-order valence-electron chi connectivity index (χ0n) is 18.5. The van der Waals surface area contributed by atoms with Crippen LogP contribution >= 0.6 is 23.3 Å². The Morgan fingerprint density at radius 3 is 2.12 bits per heavy atom. The van der Waals surface area contributed by atoms with E-state index in [1.165, 1.54) is 29.2 Å². The van der Waals surface area contributed by atoms with Crippen molar-refractivity contribution in [2.24, 2.45) is 5.92 Å². The second-order valence-corrected chi connectivity index (χ2v) is 10.7. The van der Waals surface area contributed by atoms with Gasteiger partial charge < -0.3 is 14.7 Å². The van der Waals surface area contributed by atoms with E-state index in [2.05, 4.69) is 27.6 Å². The van der Waals surface area contributed by atoms with Crippen LogP contribution in [-0.4, -0.2) is 55.0 Å². The summed E-state index contributed by atoms with van der Waals surface area (Å²) in [6.45, 7) is 8.42. The molecule has 1 atom stereocenters. The van der Waals surface area contributed by atoms with Crippen molar-refractivity contribution >= 4 is 29.0 Å². The first-order chi connectivity index (χ1) is 15.2. The number of thiophene rings is 1. The lowest BCUT2D eigenvalue weighted by molar-refractivity contribution is -0.258. The molecule has 9 heteroatoms. The minimum absolute atomic E-state index is 0.143. The van der Waals surface area contributed by atoms with Gasteiger partial charge in [-0.15, -0.1) is 11.3 Å². The highest BCUT2D eigenvalue weighted by Crippen LogP contribution is 2.39. The quantitative estimate of drug-likeness (QED) is 0.552. The summed E-state index contributed by atoms with van der Waals surface area (Å²) < 4.78 is 47.4. The van der Waals surface area contributed by atoms with E-state index in [0.29, 0.717) is 0 Å². The van der Waals surface area contributed by atoms with Crippen molar-refractivity contribution in [3.8, 4) is 0 Å². The summed E-state index contributed by atoms with van der Waals surface area (Å²) in [5.41, 5.74) is -2.10. The molecule has 2 fully saturated rings. The van der Waals surface area contributed by atoms with Crippen molar-refractivity contribution < 1.29 is 23.0 Å². The van der Waals surface area contributed by atoms with Crippen molar-refractivity contribution in [2.45, 2.75) is 42.7 Å². The second-order valence-electron chi connectivity index (χ2n) is 8.35. The molecule has 1 aromatic heterocycles. The molecule has 0 bridgehead atoms. The summed E-state index contributed by atoms with van der Waals surface area (Å²) in [6, 6.07) is 10.1. The number of hydrogen-bond acceptors (Lipinski definition) is 6. The van der Waals surface area contributed by atoms with Gasteiger partial charge in [0.1, 0.15) is 0 Å². The molecule has 1 N–H and O–H groups in total. The minimum atomic E-state index is -4.70. The fourth-order valence-electron chi connectivity index (χ4n) is 3.46. The fourth-order valence-corrected chi connectivity index (χ4v) is 5.30. The molecule has 32 heavy (non-hydrogen) atoms. The Hall–Kier alpha value is -1.26. The molecule has 0 spiro atoms. The summed E-state index contributed by atoms with van der Waals surface area (Å²) in [6.07, 6.45) is -2.17. The zero-order chi connectivity index (χ0) is 23.2. The van der Waals surface area contributed by atoms with E-state index >= 15 is 0 Å². The average molecular weight is 489 g/mol. The first-order valence-corrected chi connectivity index (χ1v) is 12.5. The van der Waals surface area contributed by atoms with Crippen LogP contribution in [0.25, 0.3) is 0 Å². The third-order valence-corrected chi connectivity index (χ3v) is 7.92. The molecule has 4 nitrogen and oxygen atoms in total. The van der Waals surface area contributed by atoms with Gasteiger partial charge in [0.25, 0.3) is 0 Å². The van der Waals surface area contributed by atoms with Gasteiger partial charge in [0.05, 0.1) is 4.21 Å². The topological polar surface area (TPSA) is 35.9 Å². The van der Waals surface area contributed by atoms with Gasteiger partial charge in [0.2, 0.25) is 0 Å². The summed E-state index contributed by atoms with van der Waals surface area (Å²) >= 11 is 3.46. The molecule has 2 aliphatic rings. The maximum absolute atomic E-state index is 12.9. The molecule has 0 saturated carbocycles. The van der Waals surface area contributed by atoms with Crippen molar-refractivity contribution in [2.75, 3.05) is 44.3 Å². The van der Waals surface area contributed by atoms with E-state index in [-0.39, 0.29) is 5.56 Å². The van der Waals surface area contributed by atoms with Gasteiger partial charge in [0.15, 0.2) is 5.60 Å². The molecule has 3 heterocycles. The average Bonchev–Trinajstić information content (AvgIpc) is 3.28. The third kappa shape index (κ3) is 6.87. The summed E-state index contributed by atoms with van der Waals surface area (Å²) in [5.74, 6) is 0.911. The molecule has 178 valence electrons. The van der Waals surface area contributed by atoms with Gasteiger partial charge >= 0.3 is 6.18 Å². The van der Waals surface area contributed by atoms with Crippen LogP contribution in [0, 0.1) is 5.92 Å². The fraction of sp³-hybridized carbons (Fsp3) is 0.565. The Morgan fingerprint density at radius 2 is 1.66 bits per heavy atom. The van der Waals surface area contributed by atoms with E-state index < -0.39 is 11.8 Å². The molecule has 2 aromatic rings. The monoisotopic (exact) mass is 488 g/mol. The number of benzene rings is 1. The van der Waals surface area contributed by atoms with Gasteiger partial charge in [-0.25, -0.2) is 4.31 Å². The molecule has 0 aliphatic carbocycles. The molecule has 1 unspecified atom stereocenters. The number of hydrogen-bond donors (Lipinski definition) is 1. The van der Waals surface area contributed by atoms with Crippen LogP contribution in [0.4, 0.5) is 18.9 Å². The summed E-state index contributed by atoms with van der Waals surface area (Å²) in [7, 11) is 0. The molecular formula is C23H31F3N2O2S2. The first kappa shape index (κ1) is 25.4. The van der Waals surface area contributed by atoms with Crippen LogP contribution < -0.4 is 4.90 Å². The Bertz CT molecular complexity index is 800. The highest BCUT2D eigenvalue weighted by Gasteiger charge is 2.51. The summed E-state index contributed by atoms with van der Waals surface area (Å²) in [5, 5.41) is 11.8. The minimum Gasteiger partial charge on any atom is -0.381 e. The van der Waals surface area contributed by atoms with Crippen molar-refractivity contribution in [1.29, 1.82) is 0 Å². The SMILES string of the molecule is CC(O)(c1ccc(N2CCN(Sc3cccs3)CC2)cc1)C(F)(F)F.CC1CCOCC1. The largest absolute Gasteiger partial charge is 0.421 e. The Morgan fingerprint density at radius 1 is 1.03 bits per heavy atom. The Balaban J connectivity index is 0.000000352. The van der Waals surface area contributed by atoms with Crippen LogP contribution in [0.1, 0.15) is 32.3 Å². The predicted octanol–water partition coefficient (Wildman–Crippen LogP) is 5.78. The number of piperazine rings is 1. The molecule has 4 rings (SSSR count). The lowest BCUT2D eigenvalue weighted by Crippen LogP contribution is -2.43. The van der Waals surface area contributed by atoms with Crippen molar-refractivity contribution in [3.63, 3.8) is 0 Å². The molecular weight excluding hydrogens is 457 g/mol. The number of anilines is 1. The van der Waals surface area contributed by atoms with Gasteiger partial charge in [-0.3, -0.25) is 0 Å². The van der Waals surface area contributed by atoms with Crippen LogP contribution in [0.3, 0.4) is 0 Å². The van der Waals surface area contributed by atoms with Gasteiger partial charge in [-0.2, -0.15) is 13.2 Å². The normalized spacial score (nSPS) is 20.4. The lowest BCUT2D eigenvalue weighted by Gasteiger charge is -2.35. The van der Waals surface area contributed by atoms with Crippen molar-refractivity contribution in [1.82, 2.24) is 4.31 Å². The van der Waals surface area contributed by atoms with Gasteiger partial charge in [0, 0.05) is 45.1 Å². The lowest BCUT2D eigenvalue weighted by atomic mass is 9.95. The van der Waals surface area contributed by atoms with E-state index in [0.717, 1.165) is 57.9 Å². The number of rotatable bonds is 4. The molecule has 2 aliphatic heterocycles. The standard InChI is InChI=1S/C17H19F3N2OS2.C6H12O/c1-16(23,17(18,19)20)13-4-6-14(7-5-13)21-8-10-22(11-9-21)25-15-3-2-12-24-15;1-6-2-4-7-5-3-6/h2-7,12,23H,8-11H2,1H3;6H,2-5H2,1H3. The summed E-state index contributed by atoms with van der Waals surface area (Å²) in [4.78, 5) is 2.15. The Kier molecular flexibility index (Phi) is 8.91. The number of aliphatic hydroxyl groups is 1. The van der Waals surface area contributed by atoms with Crippen molar-refractivity contribution in [3.05, 3.63) is 47.3 Å². The number of ether oxygens (including phenoxy) is 1. The highest BCUT2D eigenvalue weighted by molar-refractivity contribution is 7.98. The smallest absolute Gasteiger partial charge is 0.381 e. The Labute approximate surface area is 196 Å². The van der Waals surface area contributed by atoms with E-state index in [1.807, 2.05) is 6.07 Å². The predicted molar refractivity (Wildman–Crippen MR) is 125 cm³/mol. The van der Waals surface area contributed by atoms with Crippen LogP contribution in [0.15, 0.2) is 46.0 Å². The number of nitrogens with zero attached hydrogens (tertiary/aromatic N) is 2. The van der Waals surface area contributed by atoms with Crippen LogP contribution in [0.2, 0.25) is 0 Å². The number of alkyl halides is 3. The van der Waals surface area contributed by atoms with E-state index in [9.17, 15) is 18.3 Å². The zero-order valence-corrected chi connectivity index (χ0v) is 20.1. The molecule has 1 aromatic carbocycles. The number of halogens is 3. The third-order valence-electron chi connectivity index (χ3n) is 5.81. The molecule has 0 radical (unpaired) electrons. The first-order valence-electron chi connectivity index (χ1n) is 10.9. The van der Waals surface area contributed by atoms with Crippen LogP contribution in [0.5, 0.6) is 0 Å². The van der Waals surface area contributed by atoms with E-state index in [1.54, 1.807) is 35.4 Å².